The number of nitrogens with zero attached hydrogens (tertiary/aromatic N) is 2. The van der Waals surface area contributed by atoms with E-state index in [0.29, 0.717) is 16.9 Å². The van der Waals surface area contributed by atoms with Crippen LogP contribution in [0.15, 0.2) is 34.8 Å². The first-order valence-corrected chi connectivity index (χ1v) is 8.76. The van der Waals surface area contributed by atoms with Crippen molar-refractivity contribution in [2.24, 2.45) is 5.73 Å². The first kappa shape index (κ1) is 17.7. The van der Waals surface area contributed by atoms with Crippen LogP contribution in [0.3, 0.4) is 0 Å². The van der Waals surface area contributed by atoms with E-state index in [0.717, 1.165) is 0 Å². The minimum Gasteiger partial charge on any atom is -0.450 e. The molecule has 0 aromatic heterocycles. The van der Waals surface area contributed by atoms with Crippen LogP contribution in [0, 0.1) is 11.3 Å². The number of likely N-dealkylation sites (N-methyl/N-ethyl adjacent to an activating group) is 1. The summed E-state index contributed by atoms with van der Waals surface area (Å²) < 4.78 is 5.48. The number of esters is 1. The summed E-state index contributed by atoms with van der Waals surface area (Å²) in [7, 11) is 1.52. The lowest BCUT2D eigenvalue weighted by atomic mass is 9.67. The second-order valence-electron chi connectivity index (χ2n) is 7.07. The number of hydrogen-bond donors (Lipinski definition) is 2. The van der Waals surface area contributed by atoms with Gasteiger partial charge in [0.25, 0.3) is 0 Å². The number of fused-ring (bicyclic) bond motifs is 3. The van der Waals surface area contributed by atoms with Gasteiger partial charge in [-0.3, -0.25) is 4.79 Å². The highest BCUT2D eigenvalue weighted by Gasteiger charge is 2.65. The monoisotopic (exact) mass is 404 g/mol. The SMILES string of the molecule is CN1C(=O)[C@]2(C(C#N)=C(N)NC3=C2C(=O)OC3(C)C)c2cc(Cl)cc(Cl)c21. The number of benzene rings is 1. The smallest absolute Gasteiger partial charge is 0.338 e. The van der Waals surface area contributed by atoms with Crippen molar-refractivity contribution < 1.29 is 14.3 Å². The zero-order chi connectivity index (χ0) is 19.9. The summed E-state index contributed by atoms with van der Waals surface area (Å²) in [6.07, 6.45) is 0. The van der Waals surface area contributed by atoms with Gasteiger partial charge in [-0.25, -0.2) is 4.79 Å². The topological polar surface area (TPSA) is 108 Å². The van der Waals surface area contributed by atoms with Crippen molar-refractivity contribution in [1.29, 1.82) is 5.26 Å². The molecule has 1 atom stereocenters. The number of dihydropyridines is 1. The number of carbonyl (C=O) groups excluding carboxylic acids is 2. The van der Waals surface area contributed by atoms with Gasteiger partial charge in [0.15, 0.2) is 0 Å². The summed E-state index contributed by atoms with van der Waals surface area (Å²) in [5, 5.41) is 13.2. The highest BCUT2D eigenvalue weighted by Crippen LogP contribution is 2.57. The lowest BCUT2D eigenvalue weighted by Gasteiger charge is -2.34. The fourth-order valence-electron chi connectivity index (χ4n) is 4.10. The molecule has 138 valence electrons. The molecule has 1 aromatic rings. The van der Waals surface area contributed by atoms with Crippen LogP contribution < -0.4 is 16.0 Å². The molecule has 0 bridgehead atoms. The molecule has 4 rings (SSSR count). The molecular formula is C18H14Cl2N4O3. The Morgan fingerprint density at radius 3 is 2.59 bits per heavy atom. The number of nitrogens with two attached hydrogens (primary N) is 1. The first-order valence-electron chi connectivity index (χ1n) is 8.01. The summed E-state index contributed by atoms with van der Waals surface area (Å²) in [4.78, 5) is 27.7. The van der Waals surface area contributed by atoms with Gasteiger partial charge in [-0.2, -0.15) is 5.26 Å². The minimum atomic E-state index is -1.76. The van der Waals surface area contributed by atoms with Crippen LogP contribution in [0.25, 0.3) is 0 Å². The summed E-state index contributed by atoms with van der Waals surface area (Å²) in [6, 6.07) is 5.02. The second-order valence-corrected chi connectivity index (χ2v) is 7.92. The number of nitriles is 1. The van der Waals surface area contributed by atoms with Gasteiger partial charge >= 0.3 is 5.97 Å². The van der Waals surface area contributed by atoms with Gasteiger partial charge in [0.1, 0.15) is 22.9 Å². The fraction of sp³-hybridized carbons (Fsp3) is 0.278. The molecule has 7 nitrogen and oxygen atoms in total. The molecule has 0 radical (unpaired) electrons. The van der Waals surface area contributed by atoms with Gasteiger partial charge in [0.2, 0.25) is 5.91 Å². The molecule has 0 saturated heterocycles. The van der Waals surface area contributed by atoms with Crippen LogP contribution in [0.5, 0.6) is 0 Å². The van der Waals surface area contributed by atoms with Crippen molar-refractivity contribution in [3.8, 4) is 6.07 Å². The Morgan fingerprint density at radius 2 is 1.96 bits per heavy atom. The molecule has 1 amide bonds. The zero-order valence-corrected chi connectivity index (χ0v) is 16.1. The molecule has 9 heteroatoms. The van der Waals surface area contributed by atoms with Crippen molar-refractivity contribution in [2.75, 3.05) is 11.9 Å². The number of carbonyl (C=O) groups is 2. The second kappa shape index (κ2) is 5.18. The van der Waals surface area contributed by atoms with Gasteiger partial charge < -0.3 is 20.7 Å². The van der Waals surface area contributed by atoms with Crippen molar-refractivity contribution >= 4 is 40.8 Å². The normalized spacial score (nSPS) is 25.4. The Morgan fingerprint density at radius 1 is 1.30 bits per heavy atom. The fourth-order valence-corrected chi connectivity index (χ4v) is 4.72. The Bertz CT molecular complexity index is 1070. The van der Waals surface area contributed by atoms with Gasteiger partial charge in [-0.1, -0.05) is 23.2 Å². The van der Waals surface area contributed by atoms with Crippen molar-refractivity contribution in [2.45, 2.75) is 24.9 Å². The van der Waals surface area contributed by atoms with Gasteiger partial charge in [-0.05, 0) is 26.0 Å². The number of nitrogens with one attached hydrogen (secondary N) is 1. The molecule has 0 saturated carbocycles. The molecule has 0 fully saturated rings. The van der Waals surface area contributed by atoms with Gasteiger partial charge in [-0.15, -0.1) is 0 Å². The zero-order valence-electron chi connectivity index (χ0n) is 14.6. The third-order valence-corrected chi connectivity index (χ3v) is 5.69. The Balaban J connectivity index is 2.21. The highest BCUT2D eigenvalue weighted by atomic mass is 35.5. The van der Waals surface area contributed by atoms with Crippen LogP contribution >= 0.6 is 23.2 Å². The molecule has 3 N–H and O–H groups in total. The number of hydrogen-bond acceptors (Lipinski definition) is 6. The number of ether oxygens (including phenoxy) is 1. The highest BCUT2D eigenvalue weighted by molar-refractivity contribution is 6.38. The van der Waals surface area contributed by atoms with E-state index in [1.165, 1.54) is 24.1 Å². The van der Waals surface area contributed by atoms with E-state index in [9.17, 15) is 14.9 Å². The standard InChI is InChI=1S/C18H14Cl2N4O3/c1-17(2)13-11(15(25)27-17)18(9(6-21)14(22)23-13)8-4-7(19)5-10(20)12(8)24(3)16(18)26/h4-5,23H,22H2,1-3H3/t18-/m0/s1. The first-order chi connectivity index (χ1) is 12.6. The Labute approximate surface area is 164 Å². The number of halogens is 2. The van der Waals surface area contributed by atoms with Crippen LogP contribution in [-0.2, 0) is 19.7 Å². The summed E-state index contributed by atoms with van der Waals surface area (Å²) in [5.74, 6) is -1.24. The third kappa shape index (κ3) is 1.92. The predicted octanol–water partition coefficient (Wildman–Crippen LogP) is 2.09. The van der Waals surface area contributed by atoms with Crippen molar-refractivity contribution in [3.63, 3.8) is 0 Å². The van der Waals surface area contributed by atoms with Crippen molar-refractivity contribution in [3.05, 3.63) is 50.4 Å². The van der Waals surface area contributed by atoms with E-state index in [2.05, 4.69) is 5.32 Å². The largest absolute Gasteiger partial charge is 0.450 e. The molecule has 3 aliphatic heterocycles. The van der Waals surface area contributed by atoms with Crippen LogP contribution in [0.2, 0.25) is 10.0 Å². The summed E-state index contributed by atoms with van der Waals surface area (Å²) in [5.41, 5.74) is 4.29. The van der Waals surface area contributed by atoms with E-state index >= 15 is 0 Å². The number of anilines is 1. The van der Waals surface area contributed by atoms with E-state index in [1.54, 1.807) is 13.8 Å². The van der Waals surface area contributed by atoms with Crippen molar-refractivity contribution in [1.82, 2.24) is 5.32 Å². The van der Waals surface area contributed by atoms with E-state index < -0.39 is 22.9 Å². The van der Waals surface area contributed by atoms with Gasteiger partial charge in [0.05, 0.1) is 27.6 Å². The quantitative estimate of drug-likeness (QED) is 0.640. The lowest BCUT2D eigenvalue weighted by molar-refractivity contribution is -0.145. The summed E-state index contributed by atoms with van der Waals surface area (Å²) >= 11 is 12.5. The molecule has 27 heavy (non-hydrogen) atoms. The van der Waals surface area contributed by atoms with Crippen LogP contribution in [-0.4, -0.2) is 24.5 Å². The Kier molecular flexibility index (Phi) is 3.40. The van der Waals surface area contributed by atoms with Crippen LogP contribution in [0.4, 0.5) is 5.69 Å². The maximum atomic E-state index is 13.5. The van der Waals surface area contributed by atoms with E-state index in [-0.39, 0.29) is 27.0 Å². The maximum Gasteiger partial charge on any atom is 0.338 e. The molecule has 3 heterocycles. The average Bonchev–Trinajstić information content (AvgIpc) is 2.91. The van der Waals surface area contributed by atoms with Gasteiger partial charge in [0, 0.05) is 17.6 Å². The minimum absolute atomic E-state index is 0.0201. The molecular weight excluding hydrogens is 391 g/mol. The molecule has 3 aliphatic rings. The molecule has 0 aliphatic carbocycles. The number of cyclic esters (lactones) is 1. The molecule has 1 spiro atoms. The molecule has 0 unspecified atom stereocenters. The predicted molar refractivity (Wildman–Crippen MR) is 98.7 cm³/mol. The van der Waals surface area contributed by atoms with E-state index in [1.807, 2.05) is 6.07 Å². The summed E-state index contributed by atoms with van der Waals surface area (Å²) in [6.45, 7) is 3.35. The van der Waals surface area contributed by atoms with E-state index in [4.69, 9.17) is 33.7 Å². The van der Waals surface area contributed by atoms with Crippen LogP contribution in [0.1, 0.15) is 19.4 Å². The maximum absolute atomic E-state index is 13.5. The molecule has 1 aromatic carbocycles. The number of rotatable bonds is 0. The lowest BCUT2D eigenvalue weighted by Crippen LogP contribution is -2.49. The average molecular weight is 405 g/mol. The number of amides is 1. The Hall–Kier alpha value is -2.69. The third-order valence-electron chi connectivity index (χ3n) is 5.19.